The van der Waals surface area contributed by atoms with E-state index in [-0.39, 0.29) is 17.7 Å². The van der Waals surface area contributed by atoms with Crippen LogP contribution in [0.1, 0.15) is 46.2 Å². The van der Waals surface area contributed by atoms with Crippen molar-refractivity contribution in [3.63, 3.8) is 0 Å². The van der Waals surface area contributed by atoms with Crippen LogP contribution in [0.5, 0.6) is 0 Å². The zero-order valence-corrected chi connectivity index (χ0v) is 16.8. The Bertz CT molecular complexity index is 1030. The molecular formula is C23H22FN3O3. The van der Waals surface area contributed by atoms with Crippen molar-refractivity contribution < 1.29 is 18.7 Å². The lowest BCUT2D eigenvalue weighted by Crippen LogP contribution is -2.15. The van der Waals surface area contributed by atoms with Crippen LogP contribution in [-0.2, 0) is 4.74 Å². The van der Waals surface area contributed by atoms with E-state index in [0.29, 0.717) is 40.5 Å². The van der Waals surface area contributed by atoms with Crippen molar-refractivity contribution in [3.8, 4) is 11.4 Å². The summed E-state index contributed by atoms with van der Waals surface area (Å²) >= 11 is 0. The number of unbranched alkanes of at least 4 members (excludes halogenated alkanes) is 1. The standard InChI is InChI=1S/C23H22FN3O3/c1-3-4-13-30-23(29)17-7-11-19(12-8-17)27-22(28)20-14-25-21(26-15(20)2)16-5-9-18(24)10-6-16/h5-12,14H,3-4,13H2,1-2H3,(H,27,28). The molecule has 0 unspecified atom stereocenters. The molecule has 1 aromatic heterocycles. The molecule has 3 aromatic rings. The largest absolute Gasteiger partial charge is 0.462 e. The topological polar surface area (TPSA) is 81.2 Å². The maximum Gasteiger partial charge on any atom is 0.338 e. The fourth-order valence-electron chi connectivity index (χ4n) is 2.71. The third-order valence-electron chi connectivity index (χ3n) is 4.44. The molecule has 0 aliphatic rings. The average Bonchev–Trinajstić information content (AvgIpc) is 2.74. The number of nitrogens with one attached hydrogen (secondary N) is 1. The van der Waals surface area contributed by atoms with Crippen LogP contribution in [0.4, 0.5) is 10.1 Å². The minimum atomic E-state index is -0.387. The van der Waals surface area contributed by atoms with E-state index in [2.05, 4.69) is 15.3 Å². The highest BCUT2D eigenvalue weighted by Gasteiger charge is 2.14. The molecule has 1 heterocycles. The molecule has 0 spiro atoms. The molecule has 0 saturated carbocycles. The first-order chi connectivity index (χ1) is 14.5. The molecule has 0 saturated heterocycles. The number of anilines is 1. The number of aryl methyl sites for hydroxylation is 1. The number of amides is 1. The van der Waals surface area contributed by atoms with Crippen LogP contribution < -0.4 is 5.32 Å². The highest BCUT2D eigenvalue weighted by atomic mass is 19.1. The van der Waals surface area contributed by atoms with Gasteiger partial charge in [-0.15, -0.1) is 0 Å². The third-order valence-corrected chi connectivity index (χ3v) is 4.44. The zero-order valence-electron chi connectivity index (χ0n) is 16.8. The monoisotopic (exact) mass is 407 g/mol. The Labute approximate surface area is 174 Å². The Balaban J connectivity index is 1.67. The van der Waals surface area contributed by atoms with E-state index in [0.717, 1.165) is 12.8 Å². The Morgan fingerprint density at radius 2 is 1.77 bits per heavy atom. The number of carbonyl (C=O) groups excluding carboxylic acids is 2. The number of ether oxygens (including phenoxy) is 1. The van der Waals surface area contributed by atoms with Gasteiger partial charge in [-0.3, -0.25) is 4.79 Å². The lowest BCUT2D eigenvalue weighted by molar-refractivity contribution is 0.0499. The first-order valence-electron chi connectivity index (χ1n) is 9.66. The van der Waals surface area contributed by atoms with E-state index in [9.17, 15) is 14.0 Å². The van der Waals surface area contributed by atoms with Crippen molar-refractivity contribution in [1.82, 2.24) is 9.97 Å². The number of esters is 1. The van der Waals surface area contributed by atoms with Gasteiger partial charge in [0.2, 0.25) is 0 Å². The molecule has 1 amide bonds. The van der Waals surface area contributed by atoms with Crippen LogP contribution >= 0.6 is 0 Å². The van der Waals surface area contributed by atoms with Gasteiger partial charge in [0.1, 0.15) is 5.82 Å². The normalized spacial score (nSPS) is 10.5. The minimum Gasteiger partial charge on any atom is -0.462 e. The maximum atomic E-state index is 13.1. The molecular weight excluding hydrogens is 385 g/mol. The first kappa shape index (κ1) is 21.1. The summed E-state index contributed by atoms with van der Waals surface area (Å²) in [5.74, 6) is -0.680. The fraction of sp³-hybridized carbons (Fsp3) is 0.217. The number of hydrogen-bond donors (Lipinski definition) is 1. The van der Waals surface area contributed by atoms with Crippen LogP contribution in [-0.4, -0.2) is 28.5 Å². The summed E-state index contributed by atoms with van der Waals surface area (Å²) in [4.78, 5) is 33.1. The Morgan fingerprint density at radius 3 is 2.40 bits per heavy atom. The van der Waals surface area contributed by atoms with Crippen LogP contribution in [0.3, 0.4) is 0 Å². The molecule has 3 rings (SSSR count). The van der Waals surface area contributed by atoms with E-state index in [1.54, 1.807) is 43.3 Å². The molecule has 0 fully saturated rings. The van der Waals surface area contributed by atoms with Crippen molar-refractivity contribution in [2.45, 2.75) is 26.7 Å². The van der Waals surface area contributed by atoms with Crippen molar-refractivity contribution in [2.75, 3.05) is 11.9 Å². The van der Waals surface area contributed by atoms with Crippen LogP contribution in [0.15, 0.2) is 54.7 Å². The lowest BCUT2D eigenvalue weighted by atomic mass is 10.1. The van der Waals surface area contributed by atoms with Gasteiger partial charge >= 0.3 is 5.97 Å². The van der Waals surface area contributed by atoms with E-state index < -0.39 is 0 Å². The van der Waals surface area contributed by atoms with Gasteiger partial charge in [-0.05, 0) is 61.9 Å². The van der Waals surface area contributed by atoms with Crippen molar-refractivity contribution in [2.24, 2.45) is 0 Å². The second kappa shape index (κ2) is 9.73. The van der Waals surface area contributed by atoms with Crippen molar-refractivity contribution in [3.05, 3.63) is 77.4 Å². The first-order valence-corrected chi connectivity index (χ1v) is 9.66. The zero-order chi connectivity index (χ0) is 21.5. The van der Waals surface area contributed by atoms with Crippen LogP contribution in [0.2, 0.25) is 0 Å². The van der Waals surface area contributed by atoms with Gasteiger partial charge in [0.15, 0.2) is 5.82 Å². The summed E-state index contributed by atoms with van der Waals surface area (Å²) in [6, 6.07) is 12.3. The summed E-state index contributed by atoms with van der Waals surface area (Å²) in [5.41, 5.74) is 2.44. The Hall–Kier alpha value is -3.61. The number of rotatable bonds is 7. The molecule has 0 aliphatic carbocycles. The van der Waals surface area contributed by atoms with Gasteiger partial charge in [-0.2, -0.15) is 0 Å². The van der Waals surface area contributed by atoms with Crippen molar-refractivity contribution >= 4 is 17.6 Å². The number of nitrogens with zero attached hydrogens (tertiary/aromatic N) is 2. The second-order valence-electron chi connectivity index (χ2n) is 6.72. The van der Waals surface area contributed by atoms with E-state index in [4.69, 9.17) is 4.74 Å². The van der Waals surface area contributed by atoms with Crippen LogP contribution in [0.25, 0.3) is 11.4 Å². The summed E-state index contributed by atoms with van der Waals surface area (Å²) in [6.45, 7) is 4.12. The fourth-order valence-corrected chi connectivity index (χ4v) is 2.71. The molecule has 0 bridgehead atoms. The molecule has 2 aromatic carbocycles. The molecule has 6 nitrogen and oxygen atoms in total. The quantitative estimate of drug-likeness (QED) is 0.449. The molecule has 0 radical (unpaired) electrons. The maximum absolute atomic E-state index is 13.1. The predicted molar refractivity (Wildman–Crippen MR) is 112 cm³/mol. The number of aromatic nitrogens is 2. The number of hydrogen-bond acceptors (Lipinski definition) is 5. The molecule has 0 atom stereocenters. The molecule has 7 heteroatoms. The average molecular weight is 407 g/mol. The summed E-state index contributed by atoms with van der Waals surface area (Å²) in [5, 5.41) is 2.76. The SMILES string of the molecule is CCCCOC(=O)c1ccc(NC(=O)c2cnc(-c3ccc(F)cc3)nc2C)cc1. The number of benzene rings is 2. The highest BCUT2D eigenvalue weighted by Crippen LogP contribution is 2.18. The molecule has 30 heavy (non-hydrogen) atoms. The summed E-state index contributed by atoms with van der Waals surface area (Å²) in [7, 11) is 0. The Morgan fingerprint density at radius 1 is 1.07 bits per heavy atom. The van der Waals surface area contributed by atoms with Gasteiger partial charge in [-0.1, -0.05) is 13.3 Å². The van der Waals surface area contributed by atoms with E-state index >= 15 is 0 Å². The van der Waals surface area contributed by atoms with Gasteiger partial charge in [-0.25, -0.2) is 19.2 Å². The molecule has 1 N–H and O–H groups in total. The Kier molecular flexibility index (Phi) is 6.85. The van der Waals surface area contributed by atoms with Gasteiger partial charge in [0.25, 0.3) is 5.91 Å². The molecule has 0 aliphatic heterocycles. The van der Waals surface area contributed by atoms with E-state index in [1.807, 2.05) is 6.92 Å². The lowest BCUT2D eigenvalue weighted by Gasteiger charge is -2.09. The second-order valence-corrected chi connectivity index (χ2v) is 6.72. The number of halogens is 1. The van der Waals surface area contributed by atoms with Gasteiger partial charge in [0, 0.05) is 17.4 Å². The van der Waals surface area contributed by atoms with Crippen LogP contribution in [0, 0.1) is 12.7 Å². The van der Waals surface area contributed by atoms with Gasteiger partial charge in [0.05, 0.1) is 23.4 Å². The smallest absolute Gasteiger partial charge is 0.338 e. The summed E-state index contributed by atoms with van der Waals surface area (Å²) < 4.78 is 18.2. The minimum absolute atomic E-state index is 0.323. The number of carbonyl (C=O) groups is 2. The summed E-state index contributed by atoms with van der Waals surface area (Å²) in [6.07, 6.45) is 3.21. The van der Waals surface area contributed by atoms with Gasteiger partial charge < -0.3 is 10.1 Å². The predicted octanol–water partition coefficient (Wildman–Crippen LogP) is 4.80. The highest BCUT2D eigenvalue weighted by molar-refractivity contribution is 6.05. The van der Waals surface area contributed by atoms with E-state index in [1.165, 1.54) is 18.3 Å². The third kappa shape index (κ3) is 5.26. The van der Waals surface area contributed by atoms with Crippen molar-refractivity contribution in [1.29, 1.82) is 0 Å². The molecule has 154 valence electrons.